The molecule has 142 valence electrons. The standard InChI is InChI=1S/C19H21ClFN5O/c20-19-24-9-16(21)18(25-19)26-10-14-13(15(14)11-26)5-8-23-17(27)2-1-12-3-6-22-7-4-12/h3-4,6-7,9,13-15H,1-2,5,8,10-11H2,(H,23,27)/t13-,14-,15+. The van der Waals surface area contributed by atoms with Gasteiger partial charge in [-0.2, -0.15) is 4.98 Å². The van der Waals surface area contributed by atoms with Crippen LogP contribution in [0.25, 0.3) is 0 Å². The van der Waals surface area contributed by atoms with Gasteiger partial charge in [0.15, 0.2) is 11.6 Å². The van der Waals surface area contributed by atoms with Crippen LogP contribution in [0.4, 0.5) is 10.2 Å². The van der Waals surface area contributed by atoms with Crippen molar-refractivity contribution in [1.29, 1.82) is 0 Å². The van der Waals surface area contributed by atoms with Crippen LogP contribution in [-0.4, -0.2) is 40.5 Å². The van der Waals surface area contributed by atoms with Crippen LogP contribution in [0.15, 0.2) is 30.7 Å². The summed E-state index contributed by atoms with van der Waals surface area (Å²) in [6.45, 7) is 2.27. The monoisotopic (exact) mass is 389 g/mol. The van der Waals surface area contributed by atoms with Gasteiger partial charge in [0.25, 0.3) is 0 Å². The molecule has 27 heavy (non-hydrogen) atoms. The van der Waals surface area contributed by atoms with Crippen molar-refractivity contribution in [2.45, 2.75) is 19.3 Å². The molecular formula is C19H21ClFN5O. The number of amides is 1. The molecule has 3 atom stereocenters. The molecule has 0 unspecified atom stereocenters. The summed E-state index contributed by atoms with van der Waals surface area (Å²) in [5, 5.41) is 3.07. The summed E-state index contributed by atoms with van der Waals surface area (Å²) in [7, 11) is 0. The van der Waals surface area contributed by atoms with Crippen LogP contribution in [0.5, 0.6) is 0 Å². The smallest absolute Gasteiger partial charge is 0.224 e. The first-order valence-corrected chi connectivity index (χ1v) is 9.58. The second kappa shape index (κ2) is 7.76. The molecule has 6 nitrogen and oxygen atoms in total. The van der Waals surface area contributed by atoms with Gasteiger partial charge in [-0.3, -0.25) is 9.78 Å². The molecule has 2 aliphatic rings. The summed E-state index contributed by atoms with van der Waals surface area (Å²) in [5.41, 5.74) is 1.12. The second-order valence-electron chi connectivity index (χ2n) is 7.20. The minimum Gasteiger partial charge on any atom is -0.356 e. The maximum atomic E-state index is 13.9. The van der Waals surface area contributed by atoms with E-state index in [1.165, 1.54) is 0 Å². The van der Waals surface area contributed by atoms with Gasteiger partial charge in [-0.05, 0) is 59.9 Å². The molecule has 4 rings (SSSR count). The van der Waals surface area contributed by atoms with Crippen molar-refractivity contribution >= 4 is 23.3 Å². The number of carbonyl (C=O) groups is 1. The van der Waals surface area contributed by atoms with Crippen molar-refractivity contribution in [2.75, 3.05) is 24.5 Å². The molecule has 1 saturated carbocycles. The van der Waals surface area contributed by atoms with E-state index >= 15 is 0 Å². The first-order chi connectivity index (χ1) is 13.1. The average molecular weight is 390 g/mol. The van der Waals surface area contributed by atoms with Gasteiger partial charge in [0.2, 0.25) is 11.2 Å². The lowest BCUT2D eigenvalue weighted by molar-refractivity contribution is -0.121. The van der Waals surface area contributed by atoms with E-state index in [2.05, 4.69) is 20.3 Å². The number of nitrogens with one attached hydrogen (secondary N) is 1. The number of aromatic nitrogens is 3. The van der Waals surface area contributed by atoms with E-state index in [1.807, 2.05) is 17.0 Å². The third kappa shape index (κ3) is 4.18. The van der Waals surface area contributed by atoms with E-state index in [1.54, 1.807) is 12.4 Å². The van der Waals surface area contributed by atoms with Gasteiger partial charge in [0, 0.05) is 38.4 Å². The molecule has 8 heteroatoms. The molecular weight excluding hydrogens is 369 g/mol. The largest absolute Gasteiger partial charge is 0.356 e. The van der Waals surface area contributed by atoms with Gasteiger partial charge in [0.05, 0.1) is 6.20 Å². The lowest BCUT2D eigenvalue weighted by atomic mass is 10.1. The number of nitrogens with zero attached hydrogens (tertiary/aromatic N) is 4. The van der Waals surface area contributed by atoms with Crippen LogP contribution in [0.2, 0.25) is 5.28 Å². The number of anilines is 1. The van der Waals surface area contributed by atoms with E-state index < -0.39 is 5.82 Å². The SMILES string of the molecule is O=C(CCc1ccncc1)NCC[C@@H]1[C@H]2CN(c3nc(Cl)ncc3F)C[C@@H]12. The number of hydrogen-bond donors (Lipinski definition) is 1. The molecule has 2 aromatic heterocycles. The number of hydrogen-bond acceptors (Lipinski definition) is 5. The Labute approximate surface area is 162 Å². The van der Waals surface area contributed by atoms with Gasteiger partial charge < -0.3 is 10.2 Å². The maximum Gasteiger partial charge on any atom is 0.224 e. The lowest BCUT2D eigenvalue weighted by Gasteiger charge is -2.21. The summed E-state index contributed by atoms with van der Waals surface area (Å²) in [4.78, 5) is 25.6. The molecule has 2 fully saturated rings. The van der Waals surface area contributed by atoms with Gasteiger partial charge in [-0.25, -0.2) is 9.37 Å². The van der Waals surface area contributed by atoms with Crippen molar-refractivity contribution in [3.63, 3.8) is 0 Å². The van der Waals surface area contributed by atoms with Crippen molar-refractivity contribution in [3.8, 4) is 0 Å². The Morgan fingerprint density at radius 3 is 2.78 bits per heavy atom. The summed E-state index contributed by atoms with van der Waals surface area (Å²) < 4.78 is 13.9. The molecule has 3 heterocycles. The van der Waals surface area contributed by atoms with Crippen LogP contribution in [-0.2, 0) is 11.2 Å². The van der Waals surface area contributed by atoms with Gasteiger partial charge in [-0.15, -0.1) is 0 Å². The maximum absolute atomic E-state index is 13.9. The summed E-state index contributed by atoms with van der Waals surface area (Å²) >= 11 is 5.78. The molecule has 1 saturated heterocycles. The summed E-state index contributed by atoms with van der Waals surface area (Å²) in [6.07, 6.45) is 6.78. The van der Waals surface area contributed by atoms with Gasteiger partial charge in [-0.1, -0.05) is 0 Å². The second-order valence-corrected chi connectivity index (χ2v) is 7.54. The molecule has 0 aromatic carbocycles. The number of pyridine rings is 1. The number of carbonyl (C=O) groups excluding carboxylic acids is 1. The summed E-state index contributed by atoms with van der Waals surface area (Å²) in [5.74, 6) is 1.64. The molecule has 1 amide bonds. The first kappa shape index (κ1) is 18.1. The van der Waals surface area contributed by atoms with Crippen LogP contribution < -0.4 is 10.2 Å². The minimum absolute atomic E-state index is 0.0676. The van der Waals surface area contributed by atoms with E-state index in [4.69, 9.17) is 11.6 Å². The van der Waals surface area contributed by atoms with Crippen LogP contribution in [0, 0.1) is 23.6 Å². The van der Waals surface area contributed by atoms with Crippen LogP contribution in [0.3, 0.4) is 0 Å². The van der Waals surface area contributed by atoms with Crippen molar-refractivity contribution in [2.24, 2.45) is 17.8 Å². The zero-order valence-corrected chi connectivity index (χ0v) is 15.6. The highest BCUT2D eigenvalue weighted by Crippen LogP contribution is 2.54. The molecule has 1 aliphatic heterocycles. The van der Waals surface area contributed by atoms with Crippen LogP contribution in [0.1, 0.15) is 18.4 Å². The highest BCUT2D eigenvalue weighted by molar-refractivity contribution is 6.28. The zero-order valence-electron chi connectivity index (χ0n) is 14.8. The summed E-state index contributed by atoms with van der Waals surface area (Å²) in [6, 6.07) is 3.86. The number of piperidine rings is 1. The van der Waals surface area contributed by atoms with E-state index in [0.29, 0.717) is 36.5 Å². The molecule has 1 N–H and O–H groups in total. The Morgan fingerprint density at radius 1 is 1.30 bits per heavy atom. The molecule has 0 spiro atoms. The van der Waals surface area contributed by atoms with Crippen LogP contribution >= 0.6 is 11.6 Å². The quantitative estimate of drug-likeness (QED) is 0.737. The van der Waals surface area contributed by atoms with E-state index in [-0.39, 0.29) is 11.2 Å². The molecule has 0 radical (unpaired) electrons. The fourth-order valence-corrected chi connectivity index (χ4v) is 4.21. The average Bonchev–Trinajstić information content (AvgIpc) is 3.12. The fraction of sp³-hybridized carbons (Fsp3) is 0.474. The zero-order chi connectivity index (χ0) is 18.8. The predicted octanol–water partition coefficient (Wildman–Crippen LogP) is 2.49. The van der Waals surface area contributed by atoms with E-state index in [9.17, 15) is 9.18 Å². The number of aryl methyl sites for hydroxylation is 1. The molecule has 0 bridgehead atoms. The minimum atomic E-state index is -0.432. The van der Waals surface area contributed by atoms with Crippen molar-refractivity contribution < 1.29 is 9.18 Å². The molecule has 2 aromatic rings. The Bertz CT molecular complexity index is 809. The Balaban J connectivity index is 1.16. The van der Waals surface area contributed by atoms with Crippen molar-refractivity contribution in [1.82, 2.24) is 20.3 Å². The predicted molar refractivity (Wildman–Crippen MR) is 99.9 cm³/mol. The van der Waals surface area contributed by atoms with Crippen molar-refractivity contribution in [3.05, 3.63) is 47.4 Å². The Morgan fingerprint density at radius 2 is 2.04 bits per heavy atom. The Kier molecular flexibility index (Phi) is 5.20. The third-order valence-corrected chi connectivity index (χ3v) is 5.74. The topological polar surface area (TPSA) is 71.0 Å². The third-order valence-electron chi connectivity index (χ3n) is 5.56. The molecule has 1 aliphatic carbocycles. The first-order valence-electron chi connectivity index (χ1n) is 9.20. The number of halogens is 2. The van der Waals surface area contributed by atoms with Gasteiger partial charge in [0.1, 0.15) is 0 Å². The Hall–Kier alpha value is -2.28. The number of fused-ring (bicyclic) bond motifs is 1. The highest BCUT2D eigenvalue weighted by atomic mass is 35.5. The normalized spacial score (nSPS) is 23.2. The fourth-order valence-electron chi connectivity index (χ4n) is 4.08. The highest BCUT2D eigenvalue weighted by Gasteiger charge is 2.55. The lowest BCUT2D eigenvalue weighted by Crippen LogP contribution is -2.28. The number of rotatable bonds is 7. The van der Waals surface area contributed by atoms with Gasteiger partial charge >= 0.3 is 0 Å². The van der Waals surface area contributed by atoms with E-state index in [0.717, 1.165) is 37.7 Å².